The molecule has 25 heavy (non-hydrogen) atoms. The van der Waals surface area contributed by atoms with E-state index in [9.17, 15) is 13.6 Å². The summed E-state index contributed by atoms with van der Waals surface area (Å²) >= 11 is 1.20. The van der Waals surface area contributed by atoms with Crippen LogP contribution in [0.2, 0.25) is 0 Å². The second kappa shape index (κ2) is 8.58. The van der Waals surface area contributed by atoms with Crippen molar-refractivity contribution in [2.24, 2.45) is 0 Å². The van der Waals surface area contributed by atoms with Crippen LogP contribution in [0.15, 0.2) is 28.1 Å². The predicted octanol–water partition coefficient (Wildman–Crippen LogP) is 3.95. The van der Waals surface area contributed by atoms with Gasteiger partial charge >= 0.3 is 0 Å². The molecule has 0 spiro atoms. The minimum absolute atomic E-state index is 0.0293. The first kappa shape index (κ1) is 19.6. The van der Waals surface area contributed by atoms with Gasteiger partial charge in [0.15, 0.2) is 0 Å². The number of Topliss-reactive ketones (excluding diaryl/α,β-unsaturated/α-hetero) is 1. The van der Waals surface area contributed by atoms with Gasteiger partial charge in [-0.05, 0) is 31.4 Å². The van der Waals surface area contributed by atoms with Crippen LogP contribution in [0.25, 0.3) is 0 Å². The average Bonchev–Trinajstić information content (AvgIpc) is 2.82. The highest BCUT2D eigenvalue weighted by atomic mass is 32.2. The largest absolute Gasteiger partial charge is 0.396 e. The van der Waals surface area contributed by atoms with Crippen molar-refractivity contribution in [1.82, 2.24) is 9.55 Å². The number of aromatic nitrogens is 2. The van der Waals surface area contributed by atoms with Gasteiger partial charge in [0, 0.05) is 24.0 Å². The fourth-order valence-electron chi connectivity index (χ4n) is 2.50. The van der Waals surface area contributed by atoms with E-state index in [1.165, 1.54) is 30.8 Å². The van der Waals surface area contributed by atoms with E-state index in [2.05, 4.69) is 4.98 Å². The van der Waals surface area contributed by atoms with Crippen molar-refractivity contribution in [3.8, 4) is 0 Å². The number of rotatable bonds is 8. The van der Waals surface area contributed by atoms with Crippen LogP contribution in [0.3, 0.4) is 0 Å². The molecule has 0 aliphatic rings. The van der Waals surface area contributed by atoms with Crippen LogP contribution in [0, 0.1) is 11.6 Å². The lowest BCUT2D eigenvalue weighted by atomic mass is 10.1. The van der Waals surface area contributed by atoms with Crippen LogP contribution < -0.4 is 0 Å². The van der Waals surface area contributed by atoms with E-state index >= 15 is 0 Å². The Kier molecular flexibility index (Phi) is 6.72. The molecule has 136 valence electrons. The molecule has 0 atom stereocenters. The fourth-order valence-corrected chi connectivity index (χ4v) is 3.73. The molecule has 0 amide bonds. The highest BCUT2D eigenvalue weighted by molar-refractivity contribution is 7.99. The molecule has 0 radical (unpaired) electrons. The molecule has 0 bridgehead atoms. The van der Waals surface area contributed by atoms with E-state index in [1.807, 2.05) is 13.8 Å². The van der Waals surface area contributed by atoms with Crippen molar-refractivity contribution in [1.29, 1.82) is 0 Å². The van der Waals surface area contributed by atoms with Gasteiger partial charge < -0.3 is 9.67 Å². The third kappa shape index (κ3) is 5.12. The van der Waals surface area contributed by atoms with E-state index in [0.29, 0.717) is 28.6 Å². The van der Waals surface area contributed by atoms with Crippen LogP contribution in [0.4, 0.5) is 8.78 Å². The first-order valence-corrected chi connectivity index (χ1v) is 8.97. The summed E-state index contributed by atoms with van der Waals surface area (Å²) in [6.45, 7) is 5.61. The standard InChI is InChI=1S/C18H22F2N2O2S/c1-11(2)17-18(25-15-8-13(19)7-14(20)9-15)22(10-12(3)24)16(21-17)5-4-6-23/h7-9,11,23H,4-6,10H2,1-3H3. The summed E-state index contributed by atoms with van der Waals surface area (Å²) in [6, 6.07) is 3.35. The average molecular weight is 368 g/mol. The summed E-state index contributed by atoms with van der Waals surface area (Å²) < 4.78 is 28.8. The number of imidazole rings is 1. The zero-order valence-electron chi connectivity index (χ0n) is 14.6. The van der Waals surface area contributed by atoms with Crippen LogP contribution >= 0.6 is 11.8 Å². The molecular formula is C18H22F2N2O2S. The predicted molar refractivity (Wildman–Crippen MR) is 92.9 cm³/mol. The highest BCUT2D eigenvalue weighted by Crippen LogP contribution is 2.35. The molecule has 0 saturated carbocycles. The minimum Gasteiger partial charge on any atom is -0.396 e. The molecule has 1 aromatic carbocycles. The van der Waals surface area contributed by atoms with Crippen molar-refractivity contribution in [2.75, 3.05) is 6.61 Å². The number of nitrogens with zero attached hydrogens (tertiary/aromatic N) is 2. The number of aryl methyl sites for hydroxylation is 1. The number of hydrogen-bond acceptors (Lipinski definition) is 4. The number of carbonyl (C=O) groups is 1. The second-order valence-corrected chi connectivity index (χ2v) is 7.26. The Bertz CT molecular complexity index is 740. The molecule has 1 aromatic heterocycles. The van der Waals surface area contributed by atoms with Gasteiger partial charge in [-0.2, -0.15) is 0 Å². The van der Waals surface area contributed by atoms with Gasteiger partial charge in [0.05, 0.1) is 12.2 Å². The molecule has 2 aromatic rings. The normalized spacial score (nSPS) is 11.3. The summed E-state index contributed by atoms with van der Waals surface area (Å²) in [7, 11) is 0. The number of halogens is 2. The van der Waals surface area contributed by atoms with Gasteiger partial charge in [-0.25, -0.2) is 13.8 Å². The smallest absolute Gasteiger partial charge is 0.149 e. The third-order valence-corrected chi connectivity index (χ3v) is 4.66. The van der Waals surface area contributed by atoms with Crippen molar-refractivity contribution in [2.45, 2.75) is 56.0 Å². The molecule has 0 aliphatic heterocycles. The van der Waals surface area contributed by atoms with Crippen LogP contribution in [-0.4, -0.2) is 27.0 Å². The van der Waals surface area contributed by atoms with Crippen LogP contribution in [-0.2, 0) is 17.8 Å². The lowest BCUT2D eigenvalue weighted by Gasteiger charge is -2.12. The molecular weight excluding hydrogens is 346 g/mol. The van der Waals surface area contributed by atoms with Gasteiger partial charge in [0.25, 0.3) is 0 Å². The second-order valence-electron chi connectivity index (χ2n) is 6.20. The lowest BCUT2D eigenvalue weighted by Crippen LogP contribution is -2.11. The first-order valence-electron chi connectivity index (χ1n) is 8.15. The van der Waals surface area contributed by atoms with E-state index < -0.39 is 11.6 Å². The molecule has 1 heterocycles. The van der Waals surface area contributed by atoms with E-state index in [4.69, 9.17) is 5.11 Å². The molecule has 0 fully saturated rings. The summed E-state index contributed by atoms with van der Waals surface area (Å²) in [5.41, 5.74) is 0.781. The Hall–Kier alpha value is -1.73. The van der Waals surface area contributed by atoms with Gasteiger partial charge in [0.2, 0.25) is 0 Å². The Morgan fingerprint density at radius 1 is 1.28 bits per heavy atom. The zero-order chi connectivity index (χ0) is 18.6. The molecule has 0 unspecified atom stereocenters. The van der Waals surface area contributed by atoms with Crippen molar-refractivity contribution in [3.05, 3.63) is 41.4 Å². The zero-order valence-corrected chi connectivity index (χ0v) is 15.4. The van der Waals surface area contributed by atoms with Crippen LogP contribution in [0.1, 0.15) is 44.6 Å². The Labute approximate surface area is 150 Å². The first-order chi connectivity index (χ1) is 11.8. The third-order valence-electron chi connectivity index (χ3n) is 3.56. The number of hydrogen-bond donors (Lipinski definition) is 1. The molecule has 0 aliphatic carbocycles. The van der Waals surface area contributed by atoms with Gasteiger partial charge in [-0.15, -0.1) is 0 Å². The number of aliphatic hydroxyl groups excluding tert-OH is 1. The Morgan fingerprint density at radius 3 is 2.44 bits per heavy atom. The summed E-state index contributed by atoms with van der Waals surface area (Å²) in [6.07, 6.45) is 1.06. The Balaban J connectivity index is 2.51. The Morgan fingerprint density at radius 2 is 1.92 bits per heavy atom. The fraction of sp³-hybridized carbons (Fsp3) is 0.444. The van der Waals surface area contributed by atoms with E-state index in [0.717, 1.165) is 11.8 Å². The molecule has 7 heteroatoms. The van der Waals surface area contributed by atoms with Crippen molar-refractivity contribution >= 4 is 17.5 Å². The number of aliphatic hydroxyl groups is 1. The minimum atomic E-state index is -0.647. The maximum absolute atomic E-state index is 13.5. The number of carbonyl (C=O) groups excluding carboxylic acids is 1. The lowest BCUT2D eigenvalue weighted by molar-refractivity contribution is -0.117. The highest BCUT2D eigenvalue weighted by Gasteiger charge is 2.21. The molecule has 4 nitrogen and oxygen atoms in total. The topological polar surface area (TPSA) is 55.1 Å². The molecule has 2 rings (SSSR count). The quantitative estimate of drug-likeness (QED) is 0.767. The van der Waals surface area contributed by atoms with Gasteiger partial charge in [-0.3, -0.25) is 4.79 Å². The maximum Gasteiger partial charge on any atom is 0.149 e. The monoisotopic (exact) mass is 368 g/mol. The SMILES string of the molecule is CC(=O)Cn1c(CCCO)nc(C(C)C)c1Sc1cc(F)cc(F)c1. The van der Waals surface area contributed by atoms with Crippen molar-refractivity contribution < 1.29 is 18.7 Å². The number of ketones is 1. The van der Waals surface area contributed by atoms with E-state index in [-0.39, 0.29) is 24.9 Å². The summed E-state index contributed by atoms with van der Waals surface area (Å²) in [5, 5.41) is 9.80. The van der Waals surface area contributed by atoms with Crippen molar-refractivity contribution in [3.63, 3.8) is 0 Å². The van der Waals surface area contributed by atoms with E-state index in [1.54, 1.807) is 4.57 Å². The summed E-state index contributed by atoms with van der Waals surface area (Å²) in [5.74, 6) is -0.544. The molecule has 0 saturated heterocycles. The van der Waals surface area contributed by atoms with Gasteiger partial charge in [-0.1, -0.05) is 25.6 Å². The van der Waals surface area contributed by atoms with Crippen LogP contribution in [0.5, 0.6) is 0 Å². The number of benzene rings is 1. The summed E-state index contributed by atoms with van der Waals surface area (Å²) in [4.78, 5) is 16.8. The maximum atomic E-state index is 13.5. The van der Waals surface area contributed by atoms with Gasteiger partial charge in [0.1, 0.15) is 28.3 Å². The molecule has 1 N–H and O–H groups in total.